The molecule has 0 spiro atoms. The number of hydrogen-bond acceptors (Lipinski definition) is 20. The molecule has 0 aliphatic heterocycles. The minimum Gasteiger partial charge on any atom is -0.870 e. The predicted octanol–water partition coefficient (Wildman–Crippen LogP) is -6.07. The Kier molecular flexibility index (Phi) is 78.4. The summed E-state index contributed by atoms with van der Waals surface area (Å²) in [4.78, 5) is 0. The molecule has 0 rings (SSSR count). The van der Waals surface area contributed by atoms with Crippen molar-refractivity contribution in [2.45, 2.75) is 0 Å². The van der Waals surface area contributed by atoms with Gasteiger partial charge in [0.15, 0.2) is 0 Å². The average molecular weight is 726 g/mol. The van der Waals surface area contributed by atoms with E-state index in [0.29, 0.717) is 0 Å². The van der Waals surface area contributed by atoms with Gasteiger partial charge < -0.3 is 58.3 Å². The number of rotatable bonds is 0. The summed E-state index contributed by atoms with van der Waals surface area (Å²) in [6.07, 6.45) is 0. The van der Waals surface area contributed by atoms with Crippen LogP contribution in [0.25, 0.3) is 0 Å². The molecule has 4 N–H and O–H groups in total. The van der Waals surface area contributed by atoms with Crippen molar-refractivity contribution in [1.82, 2.24) is 0 Å². The molecule has 0 aromatic carbocycles. The molecule has 0 heterocycles. The number of hydrogen-bond donors (Lipinski definition) is 0. The Hall–Kier alpha value is 1.97. The zero-order chi connectivity index (χ0) is 18.0. The van der Waals surface area contributed by atoms with Crippen molar-refractivity contribution in [2.24, 2.45) is 0 Å². The van der Waals surface area contributed by atoms with Gasteiger partial charge in [-0.2, -0.15) is 0 Å². The summed E-state index contributed by atoms with van der Waals surface area (Å²) in [5, 5.41) is 0. The van der Waals surface area contributed by atoms with Crippen LogP contribution >= 0.6 is 0 Å². The smallest absolute Gasteiger partial charge is 0.870 e. The molecule has 27 heteroatoms. The second-order valence-corrected chi connectivity index (χ2v) is 4.90. The normalized spacial score (nSPS) is 8.59. The summed E-state index contributed by atoms with van der Waals surface area (Å²) in [5.41, 5.74) is 0. The molecule has 0 aromatic rings. The van der Waals surface area contributed by atoms with Gasteiger partial charge >= 0.3 is 78.6 Å². The summed E-state index contributed by atoms with van der Waals surface area (Å²) in [7, 11) is -20.7. The second-order valence-electron chi connectivity index (χ2n) is 1.63. The molecule has 0 aromatic heterocycles. The van der Waals surface area contributed by atoms with Crippen LogP contribution in [-0.4, -0.2) is 92.0 Å². The molecule has 20 nitrogen and oxygen atoms in total. The van der Waals surface area contributed by atoms with Crippen molar-refractivity contribution < 1.29 is 171 Å². The second kappa shape index (κ2) is 30.2. The van der Waals surface area contributed by atoms with Crippen LogP contribution in [-0.2, 0) is 120 Å². The molecule has 0 fully saturated rings. The minimum atomic E-state index is -5.17. The maximum absolute atomic E-state index is 8.52. The van der Waals surface area contributed by atoms with Crippen LogP contribution < -0.4 is 0 Å². The fraction of sp³-hybridized carbons (Fsp3) is 0. The molecule has 0 saturated heterocycles. The van der Waals surface area contributed by atoms with Crippen LogP contribution in [0, 0.1) is 0 Å². The first-order valence-corrected chi connectivity index (χ1v) is 8.00. The molecule has 0 radical (unpaired) electrons. The van der Waals surface area contributed by atoms with Gasteiger partial charge in [-0.05, 0) is 0 Å². The first-order chi connectivity index (χ1) is 8.00. The van der Waals surface area contributed by atoms with E-state index < -0.39 is 41.6 Å². The van der Waals surface area contributed by atoms with Crippen LogP contribution in [0.1, 0.15) is 0 Å². The van der Waals surface area contributed by atoms with Gasteiger partial charge in [-0.15, -0.1) is 0 Å². The summed E-state index contributed by atoms with van der Waals surface area (Å²) in [6, 6.07) is 0. The third-order valence-corrected chi connectivity index (χ3v) is 0. The molecule has 0 bridgehead atoms. The first-order valence-electron chi connectivity index (χ1n) is 2.67. The van der Waals surface area contributed by atoms with Crippen LogP contribution in [0.2, 0.25) is 0 Å². The maximum atomic E-state index is 8.52. The van der Waals surface area contributed by atoms with Crippen molar-refractivity contribution in [2.75, 3.05) is 0 Å². The topological polar surface area (TPSA) is 441 Å². The Balaban J connectivity index is -0.0000000129. The van der Waals surface area contributed by atoms with E-state index in [4.69, 9.17) is 70.1 Å². The van der Waals surface area contributed by atoms with Crippen LogP contribution in [0.4, 0.5) is 0 Å². The Bertz CT molecular complexity index is 482. The van der Waals surface area contributed by atoms with E-state index in [1.165, 1.54) is 0 Å². The summed E-state index contributed by atoms with van der Waals surface area (Å²) < 4.78 is 136. The van der Waals surface area contributed by atoms with E-state index in [9.17, 15) is 0 Å². The van der Waals surface area contributed by atoms with E-state index in [-0.39, 0.29) is 101 Å². The van der Waals surface area contributed by atoms with Gasteiger partial charge in [-0.1, -0.05) is 0 Å². The molecule has 27 heavy (non-hydrogen) atoms. The van der Waals surface area contributed by atoms with E-state index in [1.54, 1.807) is 0 Å². The first kappa shape index (κ1) is 70.2. The van der Waals surface area contributed by atoms with Crippen LogP contribution in [0.5, 0.6) is 0 Å². The third-order valence-electron chi connectivity index (χ3n) is 0. The molecule has 0 aliphatic carbocycles. The Morgan fingerprint density at radius 3 is 0.296 bits per heavy atom. The van der Waals surface area contributed by atoms with E-state index in [0.717, 1.165) is 0 Å². The summed E-state index contributed by atoms with van der Waals surface area (Å²) >= 11 is 0. The standard InChI is InChI=1S/4H2O4S.4H2O.3Zr/c4*1-5(2,3)4;;;;;;;/h4*(H2,1,2,3,4);4*1H2;;;/q;;;;;;;;3*+4/p-12. The Labute approximate surface area is 210 Å². The van der Waals surface area contributed by atoms with E-state index >= 15 is 0 Å². The third kappa shape index (κ3) is 4860. The van der Waals surface area contributed by atoms with Gasteiger partial charge in [-0.3, -0.25) is 33.7 Å². The molecule has 0 saturated carbocycles. The van der Waals surface area contributed by atoms with Gasteiger partial charge in [-0.25, -0.2) is 0 Å². The Morgan fingerprint density at radius 2 is 0.296 bits per heavy atom. The Morgan fingerprint density at radius 1 is 0.296 bits per heavy atom. The van der Waals surface area contributed by atoms with Crippen LogP contribution in [0.15, 0.2) is 0 Å². The molecule has 160 valence electrons. The predicted molar refractivity (Wildman–Crippen MR) is 49.6 cm³/mol. The van der Waals surface area contributed by atoms with Gasteiger partial charge in [0.05, 0.1) is 0 Å². The maximum Gasteiger partial charge on any atom is 4.00 e. The molecule has 0 amide bonds. The fourth-order valence-corrected chi connectivity index (χ4v) is 0. The molecule has 0 atom stereocenters. The van der Waals surface area contributed by atoms with Crippen molar-refractivity contribution in [3.63, 3.8) is 0 Å². The van der Waals surface area contributed by atoms with E-state index in [2.05, 4.69) is 0 Å². The zero-order valence-corrected chi connectivity index (χ0v) is 22.1. The van der Waals surface area contributed by atoms with Crippen molar-refractivity contribution in [1.29, 1.82) is 0 Å². The van der Waals surface area contributed by atoms with Crippen LogP contribution in [0.3, 0.4) is 0 Å². The monoisotopic (exact) mass is 722 g/mol. The SMILES string of the molecule is O=S(=O)([O-])[O-].O=S(=O)([O-])[O-].O=S(=O)([O-])[O-].O=S(=O)([O-])[O-].[OH-].[OH-].[OH-].[OH-].[Zr+4].[Zr+4].[Zr+4]. The molecular weight excluding hydrogens is 722 g/mol. The average Bonchev–Trinajstić information content (AvgIpc) is 1.62. The molecule has 0 aliphatic rings. The minimum absolute atomic E-state index is 0. The van der Waals surface area contributed by atoms with Gasteiger partial charge in [0.25, 0.3) is 0 Å². The molecular formula is H4O20S4Zr3. The van der Waals surface area contributed by atoms with Gasteiger partial charge in [0, 0.05) is 41.6 Å². The van der Waals surface area contributed by atoms with Crippen molar-refractivity contribution in [3.8, 4) is 0 Å². The summed E-state index contributed by atoms with van der Waals surface area (Å²) in [6.45, 7) is 0. The van der Waals surface area contributed by atoms with Gasteiger partial charge in [0.1, 0.15) is 0 Å². The summed E-state index contributed by atoms with van der Waals surface area (Å²) in [5.74, 6) is 0. The molecule has 0 unspecified atom stereocenters. The van der Waals surface area contributed by atoms with Crippen molar-refractivity contribution in [3.05, 3.63) is 0 Å². The largest absolute Gasteiger partial charge is 4.00 e. The quantitative estimate of drug-likeness (QED) is 0.165. The van der Waals surface area contributed by atoms with Crippen molar-refractivity contribution >= 4 is 41.6 Å². The van der Waals surface area contributed by atoms with E-state index in [1.807, 2.05) is 0 Å². The fourth-order valence-electron chi connectivity index (χ4n) is 0. The van der Waals surface area contributed by atoms with Gasteiger partial charge in [0.2, 0.25) is 0 Å². The zero-order valence-electron chi connectivity index (χ0n) is 11.5.